The first-order valence-electron chi connectivity index (χ1n) is 11.7. The van der Waals surface area contributed by atoms with Crippen molar-refractivity contribution in [2.24, 2.45) is 0 Å². The maximum absolute atomic E-state index is 2.39. The summed E-state index contributed by atoms with van der Waals surface area (Å²) >= 11 is 0. The molecular formula is C33H25N. The Morgan fingerprint density at radius 1 is 0.412 bits per heavy atom. The van der Waals surface area contributed by atoms with Crippen LogP contribution in [0.5, 0.6) is 0 Å². The van der Waals surface area contributed by atoms with Crippen LogP contribution in [0, 0.1) is 6.92 Å². The van der Waals surface area contributed by atoms with Crippen molar-refractivity contribution in [1.82, 2.24) is 0 Å². The van der Waals surface area contributed by atoms with Crippen LogP contribution in [-0.2, 0) is 0 Å². The van der Waals surface area contributed by atoms with Crippen LogP contribution in [0.15, 0.2) is 133 Å². The van der Waals surface area contributed by atoms with E-state index in [9.17, 15) is 0 Å². The summed E-state index contributed by atoms with van der Waals surface area (Å²) in [5.41, 5.74) is 7.23. The van der Waals surface area contributed by atoms with Crippen molar-refractivity contribution in [1.29, 1.82) is 0 Å². The molecule has 6 aromatic carbocycles. The molecule has 6 rings (SSSR count). The number of anilines is 3. The average molecular weight is 436 g/mol. The molecule has 0 spiro atoms. The summed E-state index contributed by atoms with van der Waals surface area (Å²) in [5, 5.41) is 4.95. The molecule has 0 saturated heterocycles. The fraction of sp³-hybridized carbons (Fsp3) is 0.0303. The summed E-state index contributed by atoms with van der Waals surface area (Å²) in [5.74, 6) is 0. The molecule has 0 bridgehead atoms. The summed E-state index contributed by atoms with van der Waals surface area (Å²) in [6.45, 7) is 2.12. The topological polar surface area (TPSA) is 3.24 Å². The van der Waals surface area contributed by atoms with Gasteiger partial charge in [0.2, 0.25) is 0 Å². The minimum absolute atomic E-state index is 1.14. The van der Waals surface area contributed by atoms with Crippen LogP contribution in [0.1, 0.15) is 5.56 Å². The van der Waals surface area contributed by atoms with Crippen molar-refractivity contribution in [3.63, 3.8) is 0 Å². The van der Waals surface area contributed by atoms with Gasteiger partial charge in [0.05, 0.1) is 11.4 Å². The van der Waals surface area contributed by atoms with Crippen LogP contribution in [0.4, 0.5) is 17.1 Å². The van der Waals surface area contributed by atoms with Crippen LogP contribution in [-0.4, -0.2) is 0 Å². The molecule has 0 saturated carbocycles. The van der Waals surface area contributed by atoms with Crippen LogP contribution in [0.25, 0.3) is 32.7 Å². The number of hydrogen-bond donors (Lipinski definition) is 0. The van der Waals surface area contributed by atoms with Gasteiger partial charge in [-0.2, -0.15) is 0 Å². The van der Waals surface area contributed by atoms with E-state index < -0.39 is 0 Å². The van der Waals surface area contributed by atoms with Crippen molar-refractivity contribution < 1.29 is 0 Å². The second-order valence-corrected chi connectivity index (χ2v) is 8.74. The van der Waals surface area contributed by atoms with Gasteiger partial charge in [-0.15, -0.1) is 0 Å². The fourth-order valence-electron chi connectivity index (χ4n) is 4.76. The van der Waals surface area contributed by atoms with E-state index >= 15 is 0 Å². The third-order valence-corrected chi connectivity index (χ3v) is 6.53. The van der Waals surface area contributed by atoms with Crippen molar-refractivity contribution in [2.75, 3.05) is 4.90 Å². The first-order chi connectivity index (χ1) is 16.8. The SMILES string of the molecule is Cc1ccc(-c2ccc(N(c3cccc4ccccc34)c3cccc4ccccc34)cc2)cc1. The molecule has 0 aliphatic heterocycles. The lowest BCUT2D eigenvalue weighted by Crippen LogP contribution is -2.11. The zero-order valence-electron chi connectivity index (χ0n) is 19.1. The third-order valence-electron chi connectivity index (χ3n) is 6.53. The van der Waals surface area contributed by atoms with Gasteiger partial charge in [0.15, 0.2) is 0 Å². The Morgan fingerprint density at radius 2 is 0.853 bits per heavy atom. The molecule has 6 aromatic rings. The molecule has 0 radical (unpaired) electrons. The Hall–Kier alpha value is -4.36. The smallest absolute Gasteiger partial charge is 0.0540 e. The van der Waals surface area contributed by atoms with Gasteiger partial charge in [-0.05, 0) is 53.1 Å². The Labute approximate surface area is 200 Å². The van der Waals surface area contributed by atoms with Crippen LogP contribution < -0.4 is 4.90 Å². The van der Waals surface area contributed by atoms with Gasteiger partial charge in [-0.3, -0.25) is 0 Å². The first kappa shape index (κ1) is 20.3. The molecule has 0 heterocycles. The highest BCUT2D eigenvalue weighted by molar-refractivity contribution is 6.04. The molecule has 0 atom stereocenters. The van der Waals surface area contributed by atoms with E-state index in [1.54, 1.807) is 0 Å². The molecule has 0 aliphatic carbocycles. The third kappa shape index (κ3) is 3.62. The minimum atomic E-state index is 1.14. The van der Waals surface area contributed by atoms with E-state index in [1.807, 2.05) is 0 Å². The van der Waals surface area contributed by atoms with Crippen molar-refractivity contribution in [2.45, 2.75) is 6.92 Å². The maximum atomic E-state index is 2.39. The highest BCUT2D eigenvalue weighted by Crippen LogP contribution is 2.42. The summed E-state index contributed by atoms with van der Waals surface area (Å²) in [6.07, 6.45) is 0. The zero-order valence-corrected chi connectivity index (χ0v) is 19.1. The van der Waals surface area contributed by atoms with E-state index in [1.165, 1.54) is 49.6 Å². The van der Waals surface area contributed by atoms with Gasteiger partial charge in [0.25, 0.3) is 0 Å². The lowest BCUT2D eigenvalue weighted by molar-refractivity contribution is 1.31. The Bertz CT molecular complexity index is 1500. The van der Waals surface area contributed by atoms with E-state index in [0.29, 0.717) is 0 Å². The van der Waals surface area contributed by atoms with Gasteiger partial charge < -0.3 is 4.90 Å². The molecular weight excluding hydrogens is 410 g/mol. The normalized spacial score (nSPS) is 11.1. The molecule has 34 heavy (non-hydrogen) atoms. The number of aryl methyl sites for hydroxylation is 1. The lowest BCUT2D eigenvalue weighted by atomic mass is 10.0. The molecule has 0 aliphatic rings. The monoisotopic (exact) mass is 435 g/mol. The van der Waals surface area contributed by atoms with Crippen LogP contribution in [0.3, 0.4) is 0 Å². The highest BCUT2D eigenvalue weighted by Gasteiger charge is 2.17. The molecule has 0 aromatic heterocycles. The molecule has 162 valence electrons. The second-order valence-electron chi connectivity index (χ2n) is 8.74. The second kappa shape index (κ2) is 8.53. The standard InChI is InChI=1S/C33H25N/c1-24-16-18-25(19-17-24)26-20-22-29(23-21-26)34(32-14-6-10-27-8-2-4-12-30(27)32)33-15-7-11-28-9-3-5-13-31(28)33/h2-23H,1H3. The van der Waals surface area contributed by atoms with Gasteiger partial charge in [0, 0.05) is 16.5 Å². The average Bonchev–Trinajstić information content (AvgIpc) is 2.90. The molecule has 0 fully saturated rings. The van der Waals surface area contributed by atoms with E-state index in [4.69, 9.17) is 0 Å². The Kier molecular flexibility index (Phi) is 5.08. The summed E-state index contributed by atoms with van der Waals surface area (Å²) in [4.78, 5) is 2.39. The van der Waals surface area contributed by atoms with E-state index in [-0.39, 0.29) is 0 Å². The van der Waals surface area contributed by atoms with Gasteiger partial charge >= 0.3 is 0 Å². The van der Waals surface area contributed by atoms with Crippen LogP contribution in [0.2, 0.25) is 0 Å². The van der Waals surface area contributed by atoms with Gasteiger partial charge in [-0.1, -0.05) is 115 Å². The quantitative estimate of drug-likeness (QED) is 0.266. The summed E-state index contributed by atoms with van der Waals surface area (Å²) in [6, 6.07) is 48.0. The molecule has 0 unspecified atom stereocenters. The molecule has 1 nitrogen and oxygen atoms in total. The first-order valence-corrected chi connectivity index (χ1v) is 11.7. The highest BCUT2D eigenvalue weighted by atomic mass is 15.1. The number of nitrogens with zero attached hydrogens (tertiary/aromatic N) is 1. The van der Waals surface area contributed by atoms with Crippen molar-refractivity contribution >= 4 is 38.6 Å². The van der Waals surface area contributed by atoms with Crippen molar-refractivity contribution in [3.8, 4) is 11.1 Å². The Morgan fingerprint density at radius 3 is 1.38 bits per heavy atom. The molecule has 0 N–H and O–H groups in total. The van der Waals surface area contributed by atoms with Crippen LogP contribution >= 0.6 is 0 Å². The maximum Gasteiger partial charge on any atom is 0.0540 e. The Balaban J connectivity index is 1.56. The fourth-order valence-corrected chi connectivity index (χ4v) is 4.76. The van der Waals surface area contributed by atoms with E-state index in [2.05, 4.69) is 145 Å². The predicted molar refractivity (Wildman–Crippen MR) is 146 cm³/mol. The number of benzene rings is 6. The van der Waals surface area contributed by atoms with Gasteiger partial charge in [-0.25, -0.2) is 0 Å². The lowest BCUT2D eigenvalue weighted by Gasteiger charge is -2.28. The largest absolute Gasteiger partial charge is 0.309 e. The molecule has 1 heteroatoms. The van der Waals surface area contributed by atoms with E-state index in [0.717, 1.165) is 5.69 Å². The summed E-state index contributed by atoms with van der Waals surface area (Å²) < 4.78 is 0. The summed E-state index contributed by atoms with van der Waals surface area (Å²) in [7, 11) is 0. The predicted octanol–water partition coefficient (Wildman–Crippen LogP) is 9.44. The van der Waals surface area contributed by atoms with Crippen molar-refractivity contribution in [3.05, 3.63) is 139 Å². The molecule has 0 amide bonds. The zero-order chi connectivity index (χ0) is 22.9. The minimum Gasteiger partial charge on any atom is -0.309 e. The number of fused-ring (bicyclic) bond motifs is 2. The van der Waals surface area contributed by atoms with Gasteiger partial charge in [0.1, 0.15) is 0 Å². The number of hydrogen-bond acceptors (Lipinski definition) is 1. The number of rotatable bonds is 4.